The van der Waals surface area contributed by atoms with Crippen molar-refractivity contribution in [2.24, 2.45) is 0 Å². The number of hydrogen-bond acceptors (Lipinski definition) is 4. The maximum Gasteiger partial charge on any atom is 0.418 e. The molecule has 0 atom stereocenters. The van der Waals surface area contributed by atoms with Crippen molar-refractivity contribution < 1.29 is 18.0 Å². The molecule has 166 valence electrons. The molecule has 3 aromatic rings. The Morgan fingerprint density at radius 2 is 1.72 bits per heavy atom. The molecule has 1 fully saturated rings. The Kier molecular flexibility index (Phi) is 6.17. The van der Waals surface area contributed by atoms with Crippen LogP contribution in [0.4, 0.5) is 18.9 Å². The van der Waals surface area contributed by atoms with Crippen molar-refractivity contribution in [3.63, 3.8) is 0 Å². The monoisotopic (exact) mass is 441 g/mol. The lowest BCUT2D eigenvalue weighted by molar-refractivity contribution is -0.137. The van der Waals surface area contributed by atoms with Crippen molar-refractivity contribution in [2.75, 3.05) is 38.0 Å². The van der Waals surface area contributed by atoms with Crippen LogP contribution >= 0.6 is 0 Å². The van der Waals surface area contributed by atoms with E-state index in [1.54, 1.807) is 0 Å². The number of nitrogens with one attached hydrogen (secondary N) is 1. The van der Waals surface area contributed by atoms with E-state index >= 15 is 0 Å². The molecule has 1 aromatic carbocycles. The highest BCUT2D eigenvalue weighted by atomic mass is 19.4. The van der Waals surface area contributed by atoms with Crippen molar-refractivity contribution in [1.29, 1.82) is 5.26 Å². The van der Waals surface area contributed by atoms with Crippen molar-refractivity contribution in [2.45, 2.75) is 12.7 Å². The third-order valence-corrected chi connectivity index (χ3v) is 5.61. The number of benzene rings is 1. The molecule has 0 radical (unpaired) electrons. The summed E-state index contributed by atoms with van der Waals surface area (Å²) in [5.41, 5.74) is 1.41. The first-order chi connectivity index (χ1) is 15.3. The molecule has 32 heavy (non-hydrogen) atoms. The highest BCUT2D eigenvalue weighted by Gasteiger charge is 2.33. The summed E-state index contributed by atoms with van der Waals surface area (Å²) in [6.45, 7) is 3.28. The molecule has 1 aliphatic rings. The summed E-state index contributed by atoms with van der Waals surface area (Å²) in [6, 6.07) is 13.0. The van der Waals surface area contributed by atoms with Gasteiger partial charge < -0.3 is 9.72 Å². The maximum absolute atomic E-state index is 13.1. The smallest absolute Gasteiger partial charge is 0.324 e. The Morgan fingerprint density at radius 1 is 1.03 bits per heavy atom. The van der Waals surface area contributed by atoms with Crippen LogP contribution in [-0.4, -0.2) is 52.8 Å². The predicted octanol–water partition coefficient (Wildman–Crippen LogP) is 3.59. The normalized spacial score (nSPS) is 15.6. The highest BCUT2D eigenvalue weighted by Crippen LogP contribution is 2.34. The average molecular weight is 441 g/mol. The molecule has 0 saturated carbocycles. The van der Waals surface area contributed by atoms with Gasteiger partial charge in [0.15, 0.2) is 0 Å². The van der Waals surface area contributed by atoms with Crippen molar-refractivity contribution in [3.05, 3.63) is 71.5 Å². The van der Waals surface area contributed by atoms with Gasteiger partial charge in [0, 0.05) is 50.7 Å². The number of nitriles is 1. The molecule has 2 aromatic heterocycles. The Balaban J connectivity index is 1.32. The summed E-state index contributed by atoms with van der Waals surface area (Å²) in [7, 11) is 0. The number of halogens is 3. The molecule has 1 amide bonds. The number of para-hydroxylation sites is 1. The van der Waals surface area contributed by atoms with E-state index in [1.807, 2.05) is 39.9 Å². The molecule has 1 saturated heterocycles. The number of alkyl halides is 3. The third-order valence-electron chi connectivity index (χ3n) is 5.61. The maximum atomic E-state index is 13.1. The molecule has 0 bridgehead atoms. The van der Waals surface area contributed by atoms with Gasteiger partial charge in [-0.05, 0) is 24.3 Å². The number of aromatic nitrogens is 1. The number of nitrogens with zero attached hydrogens (tertiary/aromatic N) is 4. The van der Waals surface area contributed by atoms with Crippen LogP contribution in [-0.2, 0) is 17.5 Å². The van der Waals surface area contributed by atoms with Crippen molar-refractivity contribution >= 4 is 17.1 Å². The van der Waals surface area contributed by atoms with Crippen LogP contribution in [0.5, 0.6) is 0 Å². The van der Waals surface area contributed by atoms with Gasteiger partial charge in [0.1, 0.15) is 6.07 Å². The largest absolute Gasteiger partial charge is 0.418 e. The van der Waals surface area contributed by atoms with Crippen LogP contribution in [0.3, 0.4) is 0 Å². The lowest BCUT2D eigenvalue weighted by Gasteiger charge is -2.34. The van der Waals surface area contributed by atoms with Crippen LogP contribution in [0.25, 0.3) is 5.52 Å². The van der Waals surface area contributed by atoms with Gasteiger partial charge in [0.05, 0.1) is 28.9 Å². The van der Waals surface area contributed by atoms with E-state index in [9.17, 15) is 23.2 Å². The zero-order chi connectivity index (χ0) is 22.7. The van der Waals surface area contributed by atoms with Gasteiger partial charge in [-0.3, -0.25) is 14.6 Å². The van der Waals surface area contributed by atoms with E-state index in [0.29, 0.717) is 38.3 Å². The summed E-state index contributed by atoms with van der Waals surface area (Å²) in [5.74, 6) is -0.472. The standard InChI is InChI=1S/C23H22F3N5O/c24-23(25,26)19-5-1-2-6-20(19)28-22(32)16-30-11-9-29(10-12-30)14-17-15-31-8-4-3-7-21(31)18(17)13-27/h1-8,15H,9-12,14,16H2,(H,28,32). The van der Waals surface area contributed by atoms with E-state index in [-0.39, 0.29) is 12.2 Å². The fraction of sp³-hybridized carbons (Fsp3) is 0.304. The van der Waals surface area contributed by atoms with Crippen LogP contribution in [0.2, 0.25) is 0 Å². The van der Waals surface area contributed by atoms with E-state index in [4.69, 9.17) is 0 Å². The summed E-state index contributed by atoms with van der Waals surface area (Å²) >= 11 is 0. The number of carbonyl (C=O) groups excluding carboxylic acids is 1. The zero-order valence-electron chi connectivity index (χ0n) is 17.3. The second kappa shape index (κ2) is 9.02. The van der Waals surface area contributed by atoms with Crippen LogP contribution in [0, 0.1) is 11.3 Å². The van der Waals surface area contributed by atoms with E-state index in [2.05, 4.69) is 16.3 Å². The first kappa shape index (κ1) is 21.9. The van der Waals surface area contributed by atoms with Crippen LogP contribution in [0.15, 0.2) is 54.9 Å². The zero-order valence-corrected chi connectivity index (χ0v) is 17.3. The summed E-state index contributed by atoms with van der Waals surface area (Å²) < 4.78 is 41.3. The topological polar surface area (TPSA) is 63.8 Å². The summed E-state index contributed by atoms with van der Waals surface area (Å²) in [4.78, 5) is 16.5. The first-order valence-corrected chi connectivity index (χ1v) is 10.2. The van der Waals surface area contributed by atoms with Crippen molar-refractivity contribution in [3.8, 4) is 6.07 Å². The summed E-state index contributed by atoms with van der Waals surface area (Å²) in [6.07, 6.45) is -0.652. The number of amides is 1. The quantitative estimate of drug-likeness (QED) is 0.658. The highest BCUT2D eigenvalue weighted by molar-refractivity contribution is 5.93. The van der Waals surface area contributed by atoms with Crippen molar-refractivity contribution in [1.82, 2.24) is 14.2 Å². The van der Waals surface area contributed by atoms with E-state index < -0.39 is 17.6 Å². The minimum atomic E-state index is -4.53. The Bertz CT molecular complexity index is 1160. The molecule has 6 nitrogen and oxygen atoms in total. The second-order valence-electron chi connectivity index (χ2n) is 7.78. The molecule has 4 rings (SSSR count). The fourth-order valence-corrected chi connectivity index (χ4v) is 4.00. The molecule has 1 N–H and O–H groups in total. The number of piperazine rings is 1. The number of carbonyl (C=O) groups is 1. The van der Waals surface area contributed by atoms with E-state index in [0.717, 1.165) is 17.1 Å². The molecular weight excluding hydrogens is 419 g/mol. The fourth-order valence-electron chi connectivity index (χ4n) is 4.00. The molecule has 3 heterocycles. The molecule has 0 spiro atoms. The minimum absolute atomic E-state index is 0.0274. The van der Waals surface area contributed by atoms with Gasteiger partial charge in [-0.1, -0.05) is 18.2 Å². The first-order valence-electron chi connectivity index (χ1n) is 10.2. The van der Waals surface area contributed by atoms with Gasteiger partial charge in [0.25, 0.3) is 0 Å². The second-order valence-corrected chi connectivity index (χ2v) is 7.78. The predicted molar refractivity (Wildman–Crippen MR) is 114 cm³/mol. The van der Waals surface area contributed by atoms with Crippen LogP contribution < -0.4 is 5.32 Å². The average Bonchev–Trinajstić information content (AvgIpc) is 3.11. The molecule has 9 heteroatoms. The Morgan fingerprint density at radius 3 is 2.44 bits per heavy atom. The number of hydrogen-bond donors (Lipinski definition) is 1. The SMILES string of the molecule is N#Cc1c(CN2CCN(CC(=O)Nc3ccccc3C(F)(F)F)CC2)cn2ccccc12. The van der Waals surface area contributed by atoms with E-state index in [1.165, 1.54) is 18.2 Å². The lowest BCUT2D eigenvalue weighted by Crippen LogP contribution is -2.48. The third kappa shape index (κ3) is 4.77. The van der Waals surface area contributed by atoms with Gasteiger partial charge in [-0.2, -0.15) is 18.4 Å². The number of rotatable bonds is 5. The number of pyridine rings is 1. The Labute approximate surface area is 183 Å². The molecule has 0 unspecified atom stereocenters. The lowest BCUT2D eigenvalue weighted by atomic mass is 10.1. The number of anilines is 1. The molecule has 1 aliphatic heterocycles. The minimum Gasteiger partial charge on any atom is -0.324 e. The summed E-state index contributed by atoms with van der Waals surface area (Å²) in [5, 5.41) is 12.0. The molecular formula is C23H22F3N5O. The van der Waals surface area contributed by atoms with Gasteiger partial charge in [-0.15, -0.1) is 0 Å². The number of fused-ring (bicyclic) bond motifs is 1. The van der Waals surface area contributed by atoms with Gasteiger partial charge in [-0.25, -0.2) is 0 Å². The van der Waals surface area contributed by atoms with Crippen LogP contribution in [0.1, 0.15) is 16.7 Å². The molecule has 0 aliphatic carbocycles. The van der Waals surface area contributed by atoms with Gasteiger partial charge >= 0.3 is 6.18 Å². The van der Waals surface area contributed by atoms with Gasteiger partial charge in [0.2, 0.25) is 5.91 Å². The Hall–Kier alpha value is -3.35.